The predicted octanol–water partition coefficient (Wildman–Crippen LogP) is 2.92. The van der Waals surface area contributed by atoms with Gasteiger partial charge < -0.3 is 20.5 Å². The van der Waals surface area contributed by atoms with Crippen molar-refractivity contribution in [1.82, 2.24) is 10.6 Å². The summed E-state index contributed by atoms with van der Waals surface area (Å²) in [5.41, 5.74) is -0.465. The Hall–Kier alpha value is -0.810. The Bertz CT molecular complexity index is 353. The summed E-state index contributed by atoms with van der Waals surface area (Å²) in [7, 11) is 0. The lowest BCUT2D eigenvalue weighted by Crippen LogP contribution is -2.41. The van der Waals surface area contributed by atoms with E-state index in [4.69, 9.17) is 4.74 Å². The molecular weight excluding hydrogens is 292 g/mol. The first-order chi connectivity index (χ1) is 10.7. The van der Waals surface area contributed by atoms with E-state index in [9.17, 15) is 9.90 Å². The number of nitrogens with one attached hydrogen (secondary N) is 2. The lowest BCUT2D eigenvalue weighted by Gasteiger charge is -2.29. The first-order valence-corrected chi connectivity index (χ1v) is 9.04. The Morgan fingerprint density at radius 1 is 1.22 bits per heavy atom. The van der Waals surface area contributed by atoms with Gasteiger partial charge in [0.1, 0.15) is 5.60 Å². The van der Waals surface area contributed by atoms with E-state index in [1.54, 1.807) is 0 Å². The maximum absolute atomic E-state index is 11.8. The summed E-state index contributed by atoms with van der Waals surface area (Å²) in [5, 5.41) is 16.4. The molecule has 1 amide bonds. The Morgan fingerprint density at radius 3 is 2.43 bits per heavy atom. The second kappa shape index (κ2) is 9.48. The highest BCUT2D eigenvalue weighted by Crippen LogP contribution is 2.23. The van der Waals surface area contributed by atoms with Gasteiger partial charge in [0.15, 0.2) is 0 Å². The number of ether oxygens (including phenoxy) is 1. The van der Waals surface area contributed by atoms with E-state index >= 15 is 0 Å². The second-order valence-electron chi connectivity index (χ2n) is 8.16. The molecule has 3 N–H and O–H groups in total. The van der Waals surface area contributed by atoms with Crippen molar-refractivity contribution in [2.75, 3.05) is 19.6 Å². The highest BCUT2D eigenvalue weighted by atomic mass is 16.6. The molecular formula is C18H36N2O3. The molecule has 0 radical (unpaired) electrons. The zero-order chi connectivity index (χ0) is 17.5. The van der Waals surface area contributed by atoms with Crippen LogP contribution in [0.5, 0.6) is 0 Å². The number of carbonyl (C=O) groups is 1. The van der Waals surface area contributed by atoms with Crippen LogP contribution in [0.1, 0.15) is 60.3 Å². The van der Waals surface area contributed by atoms with Crippen molar-refractivity contribution in [3.8, 4) is 0 Å². The Morgan fingerprint density at radius 2 is 1.87 bits per heavy atom. The third kappa shape index (κ3) is 8.56. The fourth-order valence-corrected chi connectivity index (χ4v) is 2.95. The number of hydrogen-bond acceptors (Lipinski definition) is 4. The monoisotopic (exact) mass is 328 g/mol. The van der Waals surface area contributed by atoms with Crippen molar-refractivity contribution in [3.63, 3.8) is 0 Å². The molecule has 0 aromatic rings. The number of rotatable bonds is 7. The van der Waals surface area contributed by atoms with E-state index in [1.165, 1.54) is 6.42 Å². The lowest BCUT2D eigenvalue weighted by molar-refractivity contribution is 0.0513. The van der Waals surface area contributed by atoms with Gasteiger partial charge in [-0.05, 0) is 57.9 Å². The predicted molar refractivity (Wildman–Crippen MR) is 93.4 cm³/mol. The van der Waals surface area contributed by atoms with Gasteiger partial charge in [-0.25, -0.2) is 4.79 Å². The van der Waals surface area contributed by atoms with Gasteiger partial charge in [-0.2, -0.15) is 0 Å². The third-order valence-corrected chi connectivity index (χ3v) is 4.53. The molecule has 5 heteroatoms. The molecule has 0 spiro atoms. The molecule has 1 aliphatic rings. The van der Waals surface area contributed by atoms with Crippen LogP contribution in [0.15, 0.2) is 0 Å². The van der Waals surface area contributed by atoms with Gasteiger partial charge in [-0.1, -0.05) is 26.7 Å². The number of aliphatic hydroxyl groups excluding tert-OH is 1. The van der Waals surface area contributed by atoms with Gasteiger partial charge in [0, 0.05) is 13.1 Å². The van der Waals surface area contributed by atoms with E-state index in [0.717, 1.165) is 32.4 Å². The summed E-state index contributed by atoms with van der Waals surface area (Å²) in [6.07, 6.45) is 3.89. The first kappa shape index (κ1) is 20.2. The highest BCUT2D eigenvalue weighted by molar-refractivity contribution is 5.67. The van der Waals surface area contributed by atoms with Crippen LogP contribution in [0.3, 0.4) is 0 Å². The largest absolute Gasteiger partial charge is 0.444 e. The number of alkyl carbamates (subject to hydrolysis) is 1. The minimum Gasteiger partial charge on any atom is -0.444 e. The van der Waals surface area contributed by atoms with Crippen LogP contribution in [0, 0.1) is 17.8 Å². The van der Waals surface area contributed by atoms with Crippen LogP contribution >= 0.6 is 0 Å². The van der Waals surface area contributed by atoms with Crippen molar-refractivity contribution in [3.05, 3.63) is 0 Å². The van der Waals surface area contributed by atoms with Crippen LogP contribution in [0.2, 0.25) is 0 Å². The Balaban J connectivity index is 2.30. The number of amides is 1. The van der Waals surface area contributed by atoms with Crippen molar-refractivity contribution in [2.24, 2.45) is 17.8 Å². The molecule has 1 aliphatic carbocycles. The number of carbonyl (C=O) groups excluding carboxylic acids is 1. The number of hydrogen-bond donors (Lipinski definition) is 3. The zero-order valence-electron chi connectivity index (χ0n) is 15.5. The molecule has 0 bridgehead atoms. The van der Waals surface area contributed by atoms with Gasteiger partial charge in [-0.3, -0.25) is 0 Å². The first-order valence-electron chi connectivity index (χ1n) is 9.04. The molecule has 3 atom stereocenters. The molecule has 5 nitrogen and oxygen atoms in total. The van der Waals surface area contributed by atoms with Gasteiger partial charge in [0.2, 0.25) is 0 Å². The van der Waals surface area contributed by atoms with Crippen molar-refractivity contribution in [1.29, 1.82) is 0 Å². The molecule has 0 aromatic carbocycles. The fraction of sp³-hybridized carbons (Fsp3) is 0.944. The van der Waals surface area contributed by atoms with E-state index in [2.05, 4.69) is 24.5 Å². The molecule has 3 unspecified atom stereocenters. The van der Waals surface area contributed by atoms with E-state index < -0.39 is 5.60 Å². The summed E-state index contributed by atoms with van der Waals surface area (Å²) in [6.45, 7) is 12.2. The molecule has 1 rings (SSSR count). The maximum Gasteiger partial charge on any atom is 0.407 e. The van der Waals surface area contributed by atoms with Crippen LogP contribution in [-0.4, -0.2) is 42.5 Å². The minimum absolute atomic E-state index is 0.159. The second-order valence-corrected chi connectivity index (χ2v) is 8.16. The van der Waals surface area contributed by atoms with Crippen LogP contribution in [0.25, 0.3) is 0 Å². The van der Waals surface area contributed by atoms with E-state index in [0.29, 0.717) is 24.3 Å². The van der Waals surface area contributed by atoms with Crippen LogP contribution in [-0.2, 0) is 4.74 Å². The average molecular weight is 328 g/mol. The summed E-state index contributed by atoms with van der Waals surface area (Å²) in [6, 6.07) is 0. The van der Waals surface area contributed by atoms with Crippen molar-refractivity contribution >= 4 is 6.09 Å². The molecule has 0 aliphatic heterocycles. The molecule has 0 aromatic heterocycles. The Kier molecular flexibility index (Phi) is 8.34. The smallest absolute Gasteiger partial charge is 0.407 e. The Labute approximate surface area is 141 Å². The third-order valence-electron chi connectivity index (χ3n) is 4.53. The van der Waals surface area contributed by atoms with Crippen molar-refractivity contribution in [2.45, 2.75) is 72.0 Å². The normalized spacial score (nSPS) is 23.6. The quantitative estimate of drug-likeness (QED) is 0.672. The van der Waals surface area contributed by atoms with Gasteiger partial charge in [0.05, 0.1) is 6.10 Å². The van der Waals surface area contributed by atoms with Gasteiger partial charge >= 0.3 is 6.09 Å². The molecule has 136 valence electrons. The zero-order valence-corrected chi connectivity index (χ0v) is 15.5. The summed E-state index contributed by atoms with van der Waals surface area (Å²) in [4.78, 5) is 11.8. The lowest BCUT2D eigenvalue weighted by atomic mass is 9.86. The summed E-state index contributed by atoms with van der Waals surface area (Å²) < 4.78 is 5.28. The average Bonchev–Trinajstić information content (AvgIpc) is 2.42. The molecule has 0 heterocycles. The standard InChI is InChI=1S/C18H36N2O3/c1-13(2)15(12-20-17(22)23-18(3,4)5)11-19-10-14-8-6-7-9-16(14)21/h13-16,19,21H,6-12H2,1-5H3,(H,20,22). The number of aliphatic hydroxyl groups is 1. The molecule has 0 saturated heterocycles. The van der Waals surface area contributed by atoms with E-state index in [-0.39, 0.29) is 12.2 Å². The maximum atomic E-state index is 11.8. The summed E-state index contributed by atoms with van der Waals surface area (Å²) in [5.74, 6) is 1.19. The van der Waals surface area contributed by atoms with Crippen molar-refractivity contribution < 1.29 is 14.6 Å². The summed E-state index contributed by atoms with van der Waals surface area (Å²) >= 11 is 0. The van der Waals surface area contributed by atoms with Gasteiger partial charge in [0.25, 0.3) is 0 Å². The minimum atomic E-state index is -0.465. The molecule has 23 heavy (non-hydrogen) atoms. The molecule has 1 fully saturated rings. The van der Waals surface area contributed by atoms with Crippen LogP contribution in [0.4, 0.5) is 4.79 Å². The molecule has 1 saturated carbocycles. The van der Waals surface area contributed by atoms with E-state index in [1.807, 2.05) is 20.8 Å². The van der Waals surface area contributed by atoms with Gasteiger partial charge in [-0.15, -0.1) is 0 Å². The highest BCUT2D eigenvalue weighted by Gasteiger charge is 2.23. The SMILES string of the molecule is CC(C)C(CNCC1CCCCC1O)CNC(=O)OC(C)(C)C. The topological polar surface area (TPSA) is 70.6 Å². The van der Waals surface area contributed by atoms with Crippen LogP contribution < -0.4 is 10.6 Å². The fourth-order valence-electron chi connectivity index (χ4n) is 2.95.